The zero-order valence-electron chi connectivity index (χ0n) is 12.5. The third-order valence-corrected chi connectivity index (χ3v) is 3.37. The average molecular weight is 374 g/mol. The van der Waals surface area contributed by atoms with E-state index in [1.807, 2.05) is 0 Å². The topological polar surface area (TPSA) is 44.4 Å². The molecule has 1 aliphatic heterocycles. The Morgan fingerprint density at radius 1 is 1.17 bits per heavy atom. The van der Waals surface area contributed by atoms with Crippen LogP contribution in [0.3, 0.4) is 0 Å². The quantitative estimate of drug-likeness (QED) is 0.855. The molecule has 1 fully saturated rings. The van der Waals surface area contributed by atoms with Crippen molar-refractivity contribution in [1.82, 2.24) is 10.2 Å². The maximum absolute atomic E-state index is 13.4. The highest BCUT2D eigenvalue weighted by Gasteiger charge is 2.44. The number of halogens is 5. The number of carbonyl (C=O) groups excluding carboxylic acids is 1. The fraction of sp³-hybridized carbons (Fsp3) is 0.500. The Labute approximate surface area is 145 Å². The predicted octanol–water partition coefficient (Wildman–Crippen LogP) is 3.00. The van der Waals surface area contributed by atoms with Gasteiger partial charge in [0.2, 0.25) is 5.91 Å². The van der Waals surface area contributed by atoms with Crippen LogP contribution < -0.4 is 10.6 Å². The summed E-state index contributed by atoms with van der Waals surface area (Å²) < 4.78 is 40.1. The average Bonchev–Trinajstić information content (AvgIpc) is 2.40. The number of nitrogens with one attached hydrogen (secondary N) is 2. The number of nitrogens with zero attached hydrogens (tertiary/aromatic N) is 1. The first kappa shape index (κ1) is 22.0. The van der Waals surface area contributed by atoms with Crippen LogP contribution in [-0.2, 0) is 4.79 Å². The molecule has 0 bridgehead atoms. The van der Waals surface area contributed by atoms with Crippen LogP contribution in [0.1, 0.15) is 18.5 Å². The lowest BCUT2D eigenvalue weighted by molar-refractivity contribution is -0.187. The van der Waals surface area contributed by atoms with Gasteiger partial charge < -0.3 is 10.6 Å². The third-order valence-electron chi connectivity index (χ3n) is 3.37. The molecule has 1 aromatic rings. The first-order valence-electron chi connectivity index (χ1n) is 6.77. The number of rotatable bonds is 3. The molecule has 0 radical (unpaired) electrons. The van der Waals surface area contributed by atoms with E-state index in [0.29, 0.717) is 31.9 Å². The molecule has 2 rings (SSSR count). The summed E-state index contributed by atoms with van der Waals surface area (Å²) in [4.78, 5) is 12.4. The maximum atomic E-state index is 13.4. The lowest BCUT2D eigenvalue weighted by Crippen LogP contribution is -2.49. The molecular formula is C14H20Cl2F3N3O. The highest BCUT2D eigenvalue weighted by molar-refractivity contribution is 5.88. The van der Waals surface area contributed by atoms with Gasteiger partial charge >= 0.3 is 6.18 Å². The van der Waals surface area contributed by atoms with Gasteiger partial charge in [-0.3, -0.25) is 9.69 Å². The van der Waals surface area contributed by atoms with E-state index in [9.17, 15) is 18.0 Å². The van der Waals surface area contributed by atoms with E-state index in [1.165, 1.54) is 36.1 Å². The molecule has 0 aliphatic carbocycles. The number of hydrogen-bond donors (Lipinski definition) is 2. The molecule has 23 heavy (non-hydrogen) atoms. The van der Waals surface area contributed by atoms with Crippen molar-refractivity contribution in [3.05, 3.63) is 29.8 Å². The lowest BCUT2D eigenvalue weighted by Gasteiger charge is -2.36. The summed E-state index contributed by atoms with van der Waals surface area (Å²) in [5.74, 6) is -0.253. The molecule has 1 amide bonds. The fourth-order valence-electron chi connectivity index (χ4n) is 2.50. The van der Waals surface area contributed by atoms with Crippen LogP contribution in [0.4, 0.5) is 18.9 Å². The van der Waals surface area contributed by atoms with E-state index >= 15 is 0 Å². The number of alkyl halides is 3. The molecule has 0 unspecified atom stereocenters. The molecule has 0 spiro atoms. The Morgan fingerprint density at radius 3 is 2.13 bits per heavy atom. The zero-order valence-corrected chi connectivity index (χ0v) is 14.2. The zero-order chi connectivity index (χ0) is 15.5. The minimum atomic E-state index is -4.33. The van der Waals surface area contributed by atoms with Gasteiger partial charge in [-0.1, -0.05) is 12.1 Å². The van der Waals surface area contributed by atoms with Crippen molar-refractivity contribution in [1.29, 1.82) is 0 Å². The van der Waals surface area contributed by atoms with Crippen molar-refractivity contribution < 1.29 is 18.0 Å². The second kappa shape index (κ2) is 9.32. The summed E-state index contributed by atoms with van der Waals surface area (Å²) in [5, 5.41) is 5.59. The molecule has 132 valence electrons. The van der Waals surface area contributed by atoms with Crippen LogP contribution in [0.15, 0.2) is 24.3 Å². The van der Waals surface area contributed by atoms with Gasteiger partial charge in [-0.15, -0.1) is 24.8 Å². The van der Waals surface area contributed by atoms with Crippen LogP contribution in [0.2, 0.25) is 0 Å². The maximum Gasteiger partial charge on any atom is 0.408 e. The Bertz CT molecular complexity index is 491. The van der Waals surface area contributed by atoms with Crippen molar-refractivity contribution in [3.63, 3.8) is 0 Å². The van der Waals surface area contributed by atoms with Crippen molar-refractivity contribution in [2.24, 2.45) is 0 Å². The van der Waals surface area contributed by atoms with E-state index in [0.717, 1.165) is 0 Å². The van der Waals surface area contributed by atoms with E-state index in [1.54, 1.807) is 0 Å². The molecular weight excluding hydrogens is 354 g/mol. The first-order chi connectivity index (χ1) is 9.88. The number of benzene rings is 1. The highest BCUT2D eigenvalue weighted by Crippen LogP contribution is 2.38. The molecule has 1 atom stereocenters. The number of piperazine rings is 1. The van der Waals surface area contributed by atoms with Crippen molar-refractivity contribution in [2.45, 2.75) is 19.1 Å². The summed E-state index contributed by atoms with van der Waals surface area (Å²) in [7, 11) is 0. The van der Waals surface area contributed by atoms with Gasteiger partial charge in [0.25, 0.3) is 0 Å². The van der Waals surface area contributed by atoms with Gasteiger partial charge in [-0.2, -0.15) is 13.2 Å². The number of carbonyl (C=O) groups is 1. The molecule has 1 saturated heterocycles. The summed E-state index contributed by atoms with van der Waals surface area (Å²) in [6.45, 7) is 3.18. The van der Waals surface area contributed by atoms with Gasteiger partial charge in [0, 0.05) is 38.8 Å². The minimum Gasteiger partial charge on any atom is -0.326 e. The predicted molar refractivity (Wildman–Crippen MR) is 88.5 cm³/mol. The standard InChI is InChI=1S/C14H18F3N3O.2ClH/c1-10(21)19-12-4-2-11(3-5-12)13(14(15,16)17)20-8-6-18-7-9-20;;/h2-5,13,18H,6-9H2,1H3,(H,19,21);2*1H/t13-;;/m0../s1. The number of anilines is 1. The Kier molecular flexibility index (Phi) is 8.90. The van der Waals surface area contributed by atoms with Crippen LogP contribution >= 0.6 is 24.8 Å². The molecule has 9 heteroatoms. The molecule has 0 saturated carbocycles. The number of hydrogen-bond acceptors (Lipinski definition) is 3. The Balaban J connectivity index is 0.00000242. The summed E-state index contributed by atoms with van der Waals surface area (Å²) >= 11 is 0. The second-order valence-electron chi connectivity index (χ2n) is 5.03. The van der Waals surface area contributed by atoms with Gasteiger partial charge in [-0.25, -0.2) is 0 Å². The Hall–Kier alpha value is -1.02. The van der Waals surface area contributed by atoms with E-state index in [-0.39, 0.29) is 36.3 Å². The molecule has 4 nitrogen and oxygen atoms in total. The van der Waals surface area contributed by atoms with Crippen molar-refractivity contribution in [3.8, 4) is 0 Å². The fourth-order valence-corrected chi connectivity index (χ4v) is 2.50. The lowest BCUT2D eigenvalue weighted by atomic mass is 10.0. The third kappa shape index (κ3) is 6.18. The summed E-state index contributed by atoms with van der Waals surface area (Å²) in [6.07, 6.45) is -4.33. The van der Waals surface area contributed by atoms with Crippen molar-refractivity contribution in [2.75, 3.05) is 31.5 Å². The largest absolute Gasteiger partial charge is 0.408 e. The van der Waals surface area contributed by atoms with E-state index < -0.39 is 12.2 Å². The van der Waals surface area contributed by atoms with Crippen LogP contribution in [0.25, 0.3) is 0 Å². The summed E-state index contributed by atoms with van der Waals surface area (Å²) in [6, 6.07) is 4.23. The minimum absolute atomic E-state index is 0. The first-order valence-corrected chi connectivity index (χ1v) is 6.77. The Morgan fingerprint density at radius 2 is 1.70 bits per heavy atom. The van der Waals surface area contributed by atoms with E-state index in [2.05, 4.69) is 10.6 Å². The summed E-state index contributed by atoms with van der Waals surface area (Å²) in [5.41, 5.74) is 0.686. The van der Waals surface area contributed by atoms with Gasteiger partial charge in [-0.05, 0) is 17.7 Å². The molecule has 1 aromatic carbocycles. The van der Waals surface area contributed by atoms with Crippen LogP contribution in [-0.4, -0.2) is 43.2 Å². The number of amides is 1. The van der Waals surface area contributed by atoms with Crippen molar-refractivity contribution >= 4 is 36.4 Å². The normalized spacial score (nSPS) is 16.7. The van der Waals surface area contributed by atoms with E-state index in [4.69, 9.17) is 0 Å². The van der Waals surface area contributed by atoms with Crippen LogP contribution in [0.5, 0.6) is 0 Å². The van der Waals surface area contributed by atoms with Gasteiger partial charge in [0.1, 0.15) is 6.04 Å². The van der Waals surface area contributed by atoms with Gasteiger partial charge in [0.05, 0.1) is 0 Å². The monoisotopic (exact) mass is 373 g/mol. The molecule has 1 heterocycles. The molecule has 2 N–H and O–H groups in total. The van der Waals surface area contributed by atoms with Gasteiger partial charge in [0.15, 0.2) is 0 Å². The second-order valence-corrected chi connectivity index (χ2v) is 5.03. The smallest absolute Gasteiger partial charge is 0.326 e. The molecule has 0 aromatic heterocycles. The van der Waals surface area contributed by atoms with Crippen LogP contribution in [0, 0.1) is 0 Å². The SMILES string of the molecule is CC(=O)Nc1ccc([C@H](N2CCNCC2)C(F)(F)F)cc1.Cl.Cl. The molecule has 1 aliphatic rings. The highest BCUT2D eigenvalue weighted by atomic mass is 35.5.